The van der Waals surface area contributed by atoms with E-state index in [1.807, 2.05) is 0 Å². The van der Waals surface area contributed by atoms with Crippen molar-refractivity contribution in [2.75, 3.05) is 0 Å². The van der Waals surface area contributed by atoms with Gasteiger partial charge in [-0.2, -0.15) is 0 Å². The number of hydrogen-bond donors (Lipinski definition) is 2. The van der Waals surface area contributed by atoms with Crippen molar-refractivity contribution in [3.05, 3.63) is 35.1 Å². The molecule has 1 aromatic carbocycles. The summed E-state index contributed by atoms with van der Waals surface area (Å²) in [5, 5.41) is 18.9. The van der Waals surface area contributed by atoms with Crippen molar-refractivity contribution < 1.29 is 14.6 Å². The van der Waals surface area contributed by atoms with E-state index in [9.17, 15) is 9.50 Å². The molecule has 2 aromatic rings. The summed E-state index contributed by atoms with van der Waals surface area (Å²) in [6, 6.07) is 3.91. The quantitative estimate of drug-likeness (QED) is 0.847. The third-order valence-electron chi connectivity index (χ3n) is 2.12. The third-order valence-corrected chi connectivity index (χ3v) is 3.32. The fraction of sp³-hybridized carbons (Fsp3) is 0.182. The molecule has 0 amide bonds. The molecule has 1 atom stereocenters. The van der Waals surface area contributed by atoms with Gasteiger partial charge in [-0.15, -0.1) is 11.3 Å². The standard InChI is InChI=1S/C11H10FNO2S/c1-6(14)10-5-13-11(16-10)8-3-2-7(15)4-9(8)12/h2-6,14-15H,1H3. The van der Waals surface area contributed by atoms with E-state index in [-0.39, 0.29) is 5.75 Å². The average molecular weight is 239 g/mol. The lowest BCUT2D eigenvalue weighted by Crippen LogP contribution is -1.83. The van der Waals surface area contributed by atoms with Crippen LogP contribution in [0.25, 0.3) is 10.6 Å². The van der Waals surface area contributed by atoms with Gasteiger partial charge < -0.3 is 10.2 Å². The lowest BCUT2D eigenvalue weighted by molar-refractivity contribution is 0.203. The molecule has 0 fully saturated rings. The second-order valence-corrected chi connectivity index (χ2v) is 4.47. The Bertz CT molecular complexity index is 510. The van der Waals surface area contributed by atoms with Gasteiger partial charge in [0.25, 0.3) is 0 Å². The van der Waals surface area contributed by atoms with Gasteiger partial charge in [0, 0.05) is 17.8 Å². The van der Waals surface area contributed by atoms with Crippen LogP contribution in [-0.4, -0.2) is 15.2 Å². The van der Waals surface area contributed by atoms with Crippen molar-refractivity contribution in [3.63, 3.8) is 0 Å². The molecule has 0 bridgehead atoms. The van der Waals surface area contributed by atoms with Gasteiger partial charge in [0.05, 0.1) is 11.0 Å². The maximum atomic E-state index is 13.5. The van der Waals surface area contributed by atoms with Crippen LogP contribution in [0.15, 0.2) is 24.4 Å². The lowest BCUT2D eigenvalue weighted by atomic mass is 10.2. The summed E-state index contributed by atoms with van der Waals surface area (Å²) in [6.07, 6.45) is 0.920. The van der Waals surface area contributed by atoms with E-state index < -0.39 is 11.9 Å². The average Bonchev–Trinajstić information content (AvgIpc) is 2.66. The number of thiazole rings is 1. The van der Waals surface area contributed by atoms with Crippen molar-refractivity contribution in [1.29, 1.82) is 0 Å². The van der Waals surface area contributed by atoms with E-state index in [0.29, 0.717) is 15.4 Å². The van der Waals surface area contributed by atoms with E-state index in [0.717, 1.165) is 6.07 Å². The van der Waals surface area contributed by atoms with E-state index in [1.54, 1.807) is 6.92 Å². The van der Waals surface area contributed by atoms with Crippen molar-refractivity contribution in [1.82, 2.24) is 4.98 Å². The van der Waals surface area contributed by atoms with E-state index in [1.165, 1.54) is 29.7 Å². The molecule has 2 N–H and O–H groups in total. The molecule has 0 aliphatic rings. The van der Waals surface area contributed by atoms with Crippen LogP contribution in [0.5, 0.6) is 5.75 Å². The molecule has 16 heavy (non-hydrogen) atoms. The number of benzene rings is 1. The molecule has 1 heterocycles. The first-order valence-corrected chi connectivity index (χ1v) is 5.52. The number of phenolic OH excluding ortho intramolecular Hbond substituents is 1. The highest BCUT2D eigenvalue weighted by Gasteiger charge is 2.12. The highest BCUT2D eigenvalue weighted by Crippen LogP contribution is 2.31. The molecule has 0 saturated heterocycles. The van der Waals surface area contributed by atoms with Crippen LogP contribution in [0.2, 0.25) is 0 Å². The number of phenols is 1. The van der Waals surface area contributed by atoms with Gasteiger partial charge in [0.1, 0.15) is 16.6 Å². The predicted octanol–water partition coefficient (Wildman–Crippen LogP) is 2.71. The van der Waals surface area contributed by atoms with Crippen molar-refractivity contribution in [3.8, 4) is 16.3 Å². The van der Waals surface area contributed by atoms with Gasteiger partial charge in [-0.25, -0.2) is 9.37 Å². The molecule has 5 heteroatoms. The molecule has 0 saturated carbocycles. The Kier molecular flexibility index (Phi) is 2.89. The number of nitrogens with zero attached hydrogens (tertiary/aromatic N) is 1. The van der Waals surface area contributed by atoms with Crippen LogP contribution in [0.1, 0.15) is 17.9 Å². The van der Waals surface area contributed by atoms with Crippen LogP contribution < -0.4 is 0 Å². The molecule has 0 spiro atoms. The van der Waals surface area contributed by atoms with Crippen molar-refractivity contribution in [2.45, 2.75) is 13.0 Å². The highest BCUT2D eigenvalue weighted by molar-refractivity contribution is 7.15. The van der Waals surface area contributed by atoms with Crippen molar-refractivity contribution >= 4 is 11.3 Å². The molecule has 3 nitrogen and oxygen atoms in total. The monoisotopic (exact) mass is 239 g/mol. The molecular weight excluding hydrogens is 229 g/mol. The summed E-state index contributed by atoms with van der Waals surface area (Å²) in [6.45, 7) is 1.63. The van der Waals surface area contributed by atoms with Crippen LogP contribution in [0.4, 0.5) is 4.39 Å². The Labute approximate surface area is 95.8 Å². The van der Waals surface area contributed by atoms with Gasteiger partial charge >= 0.3 is 0 Å². The zero-order valence-electron chi connectivity index (χ0n) is 8.51. The Hall–Kier alpha value is -1.46. The van der Waals surface area contributed by atoms with Crippen LogP contribution in [0, 0.1) is 5.82 Å². The SMILES string of the molecule is CC(O)c1cnc(-c2ccc(O)cc2F)s1. The number of hydrogen-bond acceptors (Lipinski definition) is 4. The van der Waals surface area contributed by atoms with Gasteiger partial charge in [-0.3, -0.25) is 0 Å². The van der Waals surface area contributed by atoms with Crippen molar-refractivity contribution in [2.24, 2.45) is 0 Å². The number of rotatable bonds is 2. The van der Waals surface area contributed by atoms with Gasteiger partial charge in [-0.1, -0.05) is 0 Å². The minimum Gasteiger partial charge on any atom is -0.508 e. The molecule has 0 radical (unpaired) electrons. The first-order chi connectivity index (χ1) is 7.58. The molecule has 0 aliphatic heterocycles. The van der Waals surface area contributed by atoms with E-state index >= 15 is 0 Å². The Morgan fingerprint density at radius 3 is 2.75 bits per heavy atom. The Morgan fingerprint density at radius 2 is 2.19 bits per heavy atom. The zero-order valence-corrected chi connectivity index (χ0v) is 9.33. The Morgan fingerprint density at radius 1 is 1.44 bits per heavy atom. The number of halogens is 1. The molecule has 84 valence electrons. The largest absolute Gasteiger partial charge is 0.508 e. The van der Waals surface area contributed by atoms with Crippen LogP contribution in [0.3, 0.4) is 0 Å². The first kappa shape index (κ1) is 11.0. The van der Waals surface area contributed by atoms with E-state index in [2.05, 4.69) is 4.98 Å². The second kappa shape index (κ2) is 4.19. The summed E-state index contributed by atoms with van der Waals surface area (Å²) in [5.74, 6) is -0.639. The predicted molar refractivity (Wildman–Crippen MR) is 59.8 cm³/mol. The van der Waals surface area contributed by atoms with Crippen LogP contribution in [-0.2, 0) is 0 Å². The molecule has 1 aromatic heterocycles. The minimum atomic E-state index is -0.605. The zero-order chi connectivity index (χ0) is 11.7. The third kappa shape index (κ3) is 2.05. The van der Waals surface area contributed by atoms with Gasteiger partial charge in [0.15, 0.2) is 0 Å². The normalized spacial score (nSPS) is 12.7. The second-order valence-electron chi connectivity index (χ2n) is 3.41. The topological polar surface area (TPSA) is 53.4 Å². The smallest absolute Gasteiger partial charge is 0.137 e. The molecule has 2 rings (SSSR count). The van der Waals surface area contributed by atoms with E-state index in [4.69, 9.17) is 5.11 Å². The number of aromatic hydroxyl groups is 1. The fourth-order valence-corrected chi connectivity index (χ4v) is 2.16. The summed E-state index contributed by atoms with van der Waals surface area (Å²) in [4.78, 5) is 4.72. The summed E-state index contributed by atoms with van der Waals surface area (Å²) >= 11 is 1.23. The highest BCUT2D eigenvalue weighted by atomic mass is 32.1. The van der Waals surface area contributed by atoms with Gasteiger partial charge in [0.2, 0.25) is 0 Å². The molecular formula is C11H10FNO2S. The summed E-state index contributed by atoms with van der Waals surface area (Å²) in [7, 11) is 0. The van der Waals surface area contributed by atoms with Gasteiger partial charge in [-0.05, 0) is 19.1 Å². The molecule has 1 unspecified atom stereocenters. The fourth-order valence-electron chi connectivity index (χ4n) is 1.28. The first-order valence-electron chi connectivity index (χ1n) is 4.70. The summed E-state index contributed by atoms with van der Waals surface area (Å²) in [5.41, 5.74) is 0.328. The number of aromatic nitrogens is 1. The summed E-state index contributed by atoms with van der Waals surface area (Å²) < 4.78 is 13.5. The minimum absolute atomic E-state index is 0.117. The lowest BCUT2D eigenvalue weighted by Gasteiger charge is -1.99. The van der Waals surface area contributed by atoms with Crippen LogP contribution >= 0.6 is 11.3 Å². The number of aliphatic hydroxyl groups is 1. The maximum Gasteiger partial charge on any atom is 0.137 e. The maximum absolute atomic E-state index is 13.5. The molecule has 0 aliphatic carbocycles. The Balaban J connectivity index is 2.42. The number of aliphatic hydroxyl groups excluding tert-OH is 1.